The highest BCUT2D eigenvalue weighted by Crippen LogP contribution is 2.41. The van der Waals surface area contributed by atoms with E-state index in [-0.39, 0.29) is 12.3 Å². The first kappa shape index (κ1) is 94.4. The lowest BCUT2D eigenvalue weighted by Gasteiger charge is -2.53. The number of hydrogen-bond acceptors (Lipinski definition) is 30. The van der Waals surface area contributed by atoms with Crippen LogP contribution in [0.3, 0.4) is 0 Å². The second kappa shape index (κ2) is 50.1. The third-order valence-corrected chi connectivity index (χ3v) is 20.8. The quantitative estimate of drug-likeness (QED) is 0.0269. The maximum absolute atomic E-state index is 14.3. The van der Waals surface area contributed by atoms with Gasteiger partial charge in [0.15, 0.2) is 30.9 Å². The average Bonchev–Trinajstić information content (AvgIpc) is 0.750. The largest absolute Gasteiger partial charge is 0.394 e. The van der Waals surface area contributed by atoms with Gasteiger partial charge < -0.3 is 145 Å². The summed E-state index contributed by atoms with van der Waals surface area (Å²) in [6.07, 6.45) is -14.7. The first-order valence-corrected chi connectivity index (χ1v) is 39.4. The monoisotopic (exact) mass is 1540 g/mol. The fourth-order valence-corrected chi connectivity index (χ4v) is 14.4. The Morgan fingerprint density at radius 3 is 1.43 bits per heavy atom. The van der Waals surface area contributed by atoms with Gasteiger partial charge in [-0.2, -0.15) is 0 Å². The second-order valence-corrected chi connectivity index (χ2v) is 29.5. The van der Waals surface area contributed by atoms with Crippen LogP contribution in [0.15, 0.2) is 12.2 Å². The van der Waals surface area contributed by atoms with Crippen molar-refractivity contribution < 1.29 is 148 Å². The fourth-order valence-electron chi connectivity index (χ4n) is 14.4. The Morgan fingerprint density at radius 2 is 0.916 bits per heavy atom. The molecule has 624 valence electrons. The number of Topliss-reactive ketones (excluding diaryl/α,β-unsaturated/α-hetero) is 1. The van der Waals surface area contributed by atoms with Gasteiger partial charge in [-0.1, -0.05) is 180 Å². The minimum atomic E-state index is -2.94. The Balaban J connectivity index is 1.40. The number of ether oxygens (including phenoxy) is 10. The highest BCUT2D eigenvalue weighted by molar-refractivity contribution is 5.84. The Bertz CT molecular complexity index is 2500. The van der Waals surface area contributed by atoms with E-state index in [9.17, 15) is 101 Å². The zero-order chi connectivity index (χ0) is 78.8. The molecule has 0 aromatic rings. The topological polar surface area (TPSA) is 520 Å². The zero-order valence-corrected chi connectivity index (χ0v) is 63.4. The molecular formula is C74H133N3O30. The van der Waals surface area contributed by atoms with Crippen molar-refractivity contribution in [1.29, 1.82) is 0 Å². The maximum Gasteiger partial charge on any atom is 0.232 e. The lowest BCUT2D eigenvalue weighted by atomic mass is 9.86. The Kier molecular flexibility index (Phi) is 44.2. The molecular weight excluding hydrogens is 1410 g/mol. The number of carbonyl (C=O) groups excluding carboxylic acids is 4. The van der Waals surface area contributed by atoms with Crippen LogP contribution in [0.2, 0.25) is 0 Å². The molecule has 10 unspecified atom stereocenters. The van der Waals surface area contributed by atoms with E-state index >= 15 is 0 Å². The summed E-state index contributed by atoms with van der Waals surface area (Å²) in [6.45, 7) is 1.51. The summed E-state index contributed by atoms with van der Waals surface area (Å²) in [6, 6.07) is -4.63. The van der Waals surface area contributed by atoms with Crippen molar-refractivity contribution in [2.45, 2.75) is 392 Å². The predicted molar refractivity (Wildman–Crippen MR) is 381 cm³/mol. The second-order valence-electron chi connectivity index (χ2n) is 29.5. The summed E-state index contributed by atoms with van der Waals surface area (Å²) < 4.78 is 60.9. The molecule has 0 aliphatic carbocycles. The van der Waals surface area contributed by atoms with Crippen molar-refractivity contribution in [2.24, 2.45) is 0 Å². The van der Waals surface area contributed by atoms with Crippen LogP contribution >= 0.6 is 0 Å². The van der Waals surface area contributed by atoms with Gasteiger partial charge in [0.1, 0.15) is 116 Å². The van der Waals surface area contributed by atoms with Crippen molar-refractivity contribution >= 4 is 23.5 Å². The van der Waals surface area contributed by atoms with Crippen molar-refractivity contribution in [2.75, 3.05) is 39.6 Å². The van der Waals surface area contributed by atoms with E-state index in [4.69, 9.17) is 47.4 Å². The molecule has 19 N–H and O–H groups in total. The number of allylic oxidation sites excluding steroid dienone is 1. The van der Waals surface area contributed by atoms with Gasteiger partial charge >= 0.3 is 0 Å². The van der Waals surface area contributed by atoms with E-state index in [1.807, 2.05) is 6.08 Å². The third-order valence-electron chi connectivity index (χ3n) is 20.8. The lowest BCUT2D eigenvalue weighted by molar-refractivity contribution is -0.401. The Hall–Kier alpha value is -3.22. The number of unbranched alkanes of at least 4 members (excludes halogenated alkanes) is 25. The third kappa shape index (κ3) is 29.3. The fraction of sp³-hybridized carbons (Fsp3) is 0.919. The van der Waals surface area contributed by atoms with E-state index in [0.29, 0.717) is 12.8 Å². The minimum Gasteiger partial charge on any atom is -0.394 e. The van der Waals surface area contributed by atoms with Crippen LogP contribution in [-0.2, 0) is 66.5 Å². The van der Waals surface area contributed by atoms with Crippen LogP contribution in [-0.4, -0.2) is 316 Å². The van der Waals surface area contributed by atoms with Gasteiger partial charge in [-0.15, -0.1) is 0 Å². The molecule has 33 heteroatoms. The molecule has 0 bridgehead atoms. The molecule has 5 rings (SSSR count). The van der Waals surface area contributed by atoms with Crippen LogP contribution in [0.25, 0.3) is 0 Å². The molecule has 5 aliphatic heterocycles. The number of rotatable bonds is 52. The summed E-state index contributed by atoms with van der Waals surface area (Å²) in [7, 11) is 0. The first-order chi connectivity index (χ1) is 51.3. The SMILES string of the molecule is CCCCCCCCCCCCC/C=C/[C@@H](O)[C@H](CO[C@@H]1O[C@@H](CO)[C@@H](O[C@@H]2OC(CO)[C@H](O[C@@H]3OC(CO)[C@H](O)[C@H](O[C@@H]4OC(CO)[C@H](O)C(O)[C@@H]4O)C3NC(C)=O)C(O[C@]3(C(C)=O)C[C@@H](O)[C@@H](NC(C)=O)C([C@H](O)C(O)CO)O3)[C@@H]2O)C(O)C1O)NC(=O)CCCCCCCCCCCCCCCCC. The number of aliphatic hydroxyl groups is 16. The van der Waals surface area contributed by atoms with Crippen molar-refractivity contribution in [1.82, 2.24) is 16.0 Å². The van der Waals surface area contributed by atoms with Gasteiger partial charge in [0, 0.05) is 33.6 Å². The van der Waals surface area contributed by atoms with Gasteiger partial charge in [0.05, 0.1) is 63.9 Å². The van der Waals surface area contributed by atoms with Gasteiger partial charge in [-0.3, -0.25) is 19.2 Å². The standard InChI is InChI=1S/C74H133N3O30/c1-6-8-10-12-14-16-18-20-21-23-25-27-29-31-33-35-54(89)77-46(47(86)34-32-30-28-26-24-22-19-17-15-13-11-9-7-2)42-98-71-63(96)61(94)65(52(40-81)101-71)103-73-64(97)69(107-74(43(3)83)36-48(87)55(75-44(4)84)68(106-74)57(90)49(88)37-78)66(53(41-82)102-73)104-70-56(76-45(5)85)67(59(92)51(39-80)99-70)105-72-62(95)60(93)58(91)50(38-79)100-72/h32,34,46-53,55-73,78-82,86-88,90-97H,6-31,33,35-42H2,1-5H3,(H,75,84)(H,76,85)(H,77,89)/b34-32+/t46-,47+,48+,49?,50?,51?,52-,53?,55+,56?,57+,58-,59-,60?,61?,62-,63?,64-,65+,66-,67+,68?,69?,70-,71+,72-,73-,74-/m0/s1. The van der Waals surface area contributed by atoms with Crippen molar-refractivity contribution in [3.05, 3.63) is 12.2 Å². The molecule has 5 fully saturated rings. The van der Waals surface area contributed by atoms with Crippen LogP contribution < -0.4 is 16.0 Å². The molecule has 5 heterocycles. The average molecular weight is 1540 g/mol. The highest BCUT2D eigenvalue weighted by atomic mass is 16.8. The molecule has 0 spiro atoms. The molecule has 0 radical (unpaired) electrons. The lowest BCUT2D eigenvalue weighted by Crippen LogP contribution is -2.72. The van der Waals surface area contributed by atoms with Crippen LogP contribution in [0.4, 0.5) is 0 Å². The van der Waals surface area contributed by atoms with Crippen molar-refractivity contribution in [3.8, 4) is 0 Å². The molecule has 0 saturated carbocycles. The summed E-state index contributed by atoms with van der Waals surface area (Å²) in [5.74, 6) is -6.15. The zero-order valence-electron chi connectivity index (χ0n) is 63.4. The number of amides is 3. The molecule has 28 atom stereocenters. The van der Waals surface area contributed by atoms with Crippen molar-refractivity contribution in [3.63, 3.8) is 0 Å². The Labute approximate surface area is 629 Å². The molecule has 33 nitrogen and oxygen atoms in total. The molecule has 5 saturated heterocycles. The van der Waals surface area contributed by atoms with E-state index in [2.05, 4.69) is 29.8 Å². The number of carbonyl (C=O) groups is 4. The minimum absolute atomic E-state index is 0.147. The van der Waals surface area contributed by atoms with Gasteiger partial charge in [-0.05, 0) is 19.3 Å². The first-order valence-electron chi connectivity index (χ1n) is 39.4. The van der Waals surface area contributed by atoms with E-state index in [1.165, 1.54) is 109 Å². The normalized spacial score (nSPS) is 34.6. The van der Waals surface area contributed by atoms with E-state index in [0.717, 1.165) is 72.1 Å². The number of hydrogen-bond donors (Lipinski definition) is 19. The summed E-state index contributed by atoms with van der Waals surface area (Å²) in [5, 5.41) is 186. The summed E-state index contributed by atoms with van der Waals surface area (Å²) in [5.41, 5.74) is 0. The van der Waals surface area contributed by atoms with Gasteiger partial charge in [0.2, 0.25) is 23.5 Å². The molecule has 5 aliphatic rings. The molecule has 0 aromatic heterocycles. The molecule has 107 heavy (non-hydrogen) atoms. The number of aliphatic hydroxyl groups excluding tert-OH is 16. The number of ketones is 1. The summed E-state index contributed by atoms with van der Waals surface area (Å²) in [4.78, 5) is 53.5. The van der Waals surface area contributed by atoms with Gasteiger partial charge in [0.25, 0.3) is 0 Å². The van der Waals surface area contributed by atoms with Crippen LogP contribution in [0.1, 0.15) is 221 Å². The van der Waals surface area contributed by atoms with Crippen LogP contribution in [0.5, 0.6) is 0 Å². The van der Waals surface area contributed by atoms with Crippen LogP contribution in [0, 0.1) is 0 Å². The summed E-state index contributed by atoms with van der Waals surface area (Å²) >= 11 is 0. The molecule has 3 amide bonds. The van der Waals surface area contributed by atoms with Gasteiger partial charge in [-0.25, -0.2) is 0 Å². The molecule has 0 aromatic carbocycles. The maximum atomic E-state index is 14.3. The highest BCUT2D eigenvalue weighted by Gasteiger charge is 2.61. The van der Waals surface area contributed by atoms with E-state index in [1.54, 1.807) is 6.08 Å². The smallest absolute Gasteiger partial charge is 0.232 e. The predicted octanol–water partition coefficient (Wildman–Crippen LogP) is -0.538. The Morgan fingerprint density at radius 1 is 0.477 bits per heavy atom. The van der Waals surface area contributed by atoms with E-state index < -0.39 is 235 Å². The number of nitrogens with one attached hydrogen (secondary N) is 3.